The smallest absolute Gasteiger partial charge is 0.305 e. The molecule has 0 saturated heterocycles. The highest BCUT2D eigenvalue weighted by Crippen LogP contribution is 2.10. The van der Waals surface area contributed by atoms with Gasteiger partial charge in [-0.3, -0.25) is 4.79 Å². The molecule has 15 heavy (non-hydrogen) atoms. The van der Waals surface area contributed by atoms with Crippen LogP contribution in [0.15, 0.2) is 0 Å². The van der Waals surface area contributed by atoms with Gasteiger partial charge in [-0.25, -0.2) is 0 Å². The summed E-state index contributed by atoms with van der Waals surface area (Å²) in [6.45, 7) is 1.82. The van der Waals surface area contributed by atoms with Crippen molar-refractivity contribution < 1.29 is 25.2 Å². The van der Waals surface area contributed by atoms with Gasteiger partial charge in [-0.2, -0.15) is 0 Å². The maximum Gasteiger partial charge on any atom is 0.305 e. The summed E-state index contributed by atoms with van der Waals surface area (Å²) in [4.78, 5) is 10.2. The zero-order valence-corrected chi connectivity index (χ0v) is 8.96. The quantitative estimate of drug-likeness (QED) is 0.466. The molecular weight excluding hydrogens is 200 g/mol. The van der Waals surface area contributed by atoms with Gasteiger partial charge < -0.3 is 20.4 Å². The van der Waals surface area contributed by atoms with Crippen LogP contribution in [-0.2, 0) is 4.79 Å². The lowest BCUT2D eigenvalue weighted by Crippen LogP contribution is -2.20. The van der Waals surface area contributed by atoms with Crippen LogP contribution in [0, 0.1) is 0 Å². The molecule has 0 aromatic carbocycles. The first-order chi connectivity index (χ1) is 6.95. The van der Waals surface area contributed by atoms with Crippen molar-refractivity contribution in [3.63, 3.8) is 0 Å². The minimum absolute atomic E-state index is 0.240. The zero-order valence-electron chi connectivity index (χ0n) is 8.96. The highest BCUT2D eigenvalue weighted by atomic mass is 16.4. The molecule has 0 heterocycles. The van der Waals surface area contributed by atoms with Crippen LogP contribution in [-0.4, -0.2) is 44.7 Å². The van der Waals surface area contributed by atoms with E-state index in [0.29, 0.717) is 12.8 Å². The number of aliphatic hydroxyl groups excluding tert-OH is 3. The van der Waals surface area contributed by atoms with E-state index in [1.165, 1.54) is 0 Å². The van der Waals surface area contributed by atoms with Crippen molar-refractivity contribution in [1.29, 1.82) is 0 Å². The number of rotatable bonds is 8. The summed E-state index contributed by atoms with van der Waals surface area (Å²) in [7, 11) is 0. The molecule has 0 aliphatic heterocycles. The fraction of sp³-hybridized carbons (Fsp3) is 0.900. The van der Waals surface area contributed by atoms with E-state index in [1.54, 1.807) is 0 Å². The van der Waals surface area contributed by atoms with Crippen molar-refractivity contribution in [2.24, 2.45) is 0 Å². The molecule has 0 aliphatic carbocycles. The molecule has 0 fully saturated rings. The van der Waals surface area contributed by atoms with E-state index in [0.717, 1.165) is 0 Å². The van der Waals surface area contributed by atoms with E-state index in [2.05, 4.69) is 0 Å². The maximum absolute atomic E-state index is 10.2. The monoisotopic (exact) mass is 220 g/mol. The second kappa shape index (κ2) is 7.62. The van der Waals surface area contributed by atoms with E-state index in [9.17, 15) is 20.1 Å². The van der Waals surface area contributed by atoms with Crippen LogP contribution < -0.4 is 0 Å². The van der Waals surface area contributed by atoms with E-state index in [4.69, 9.17) is 5.11 Å². The Morgan fingerprint density at radius 1 is 1.07 bits per heavy atom. The predicted molar refractivity (Wildman–Crippen MR) is 54.4 cm³/mol. The largest absolute Gasteiger partial charge is 0.481 e. The minimum atomic E-state index is -1.05. The number of carboxylic acids is 1. The summed E-state index contributed by atoms with van der Waals surface area (Å²) in [5, 5.41) is 36.2. The fourth-order valence-electron chi connectivity index (χ4n) is 1.29. The third kappa shape index (κ3) is 8.35. The summed E-state index contributed by atoms with van der Waals surface area (Å²) in [5.41, 5.74) is 0. The number of aliphatic hydroxyl groups is 3. The Kier molecular flexibility index (Phi) is 7.29. The Morgan fingerprint density at radius 3 is 2.07 bits per heavy atom. The summed E-state index contributed by atoms with van der Waals surface area (Å²) in [6.07, 6.45) is -1.03. The molecule has 90 valence electrons. The highest BCUT2D eigenvalue weighted by molar-refractivity contribution is 5.67. The first-order valence-corrected chi connectivity index (χ1v) is 5.21. The molecule has 0 aromatic heterocycles. The van der Waals surface area contributed by atoms with Gasteiger partial charge in [-0.1, -0.05) is 6.92 Å². The van der Waals surface area contributed by atoms with Gasteiger partial charge in [0.1, 0.15) is 0 Å². The summed E-state index contributed by atoms with van der Waals surface area (Å²) in [6, 6.07) is 0. The lowest BCUT2D eigenvalue weighted by atomic mass is 10.0. The van der Waals surface area contributed by atoms with Crippen LogP contribution in [0.1, 0.15) is 39.0 Å². The van der Waals surface area contributed by atoms with Crippen LogP contribution in [0.25, 0.3) is 0 Å². The zero-order chi connectivity index (χ0) is 11.8. The highest BCUT2D eigenvalue weighted by Gasteiger charge is 2.14. The van der Waals surface area contributed by atoms with Gasteiger partial charge in [0.25, 0.3) is 0 Å². The van der Waals surface area contributed by atoms with Gasteiger partial charge in [0.15, 0.2) is 0 Å². The lowest BCUT2D eigenvalue weighted by Gasteiger charge is -2.15. The van der Waals surface area contributed by atoms with Crippen LogP contribution in [0.3, 0.4) is 0 Å². The number of hydrogen-bond acceptors (Lipinski definition) is 4. The molecule has 5 heteroatoms. The first kappa shape index (κ1) is 14.3. The molecule has 0 aromatic rings. The number of hydrogen-bond donors (Lipinski definition) is 4. The lowest BCUT2D eigenvalue weighted by molar-refractivity contribution is -0.139. The molecular formula is C10H20O5. The molecule has 5 nitrogen and oxygen atoms in total. The molecule has 3 unspecified atom stereocenters. The van der Waals surface area contributed by atoms with E-state index >= 15 is 0 Å². The molecule has 0 amide bonds. The molecule has 0 aliphatic rings. The third-order valence-corrected chi connectivity index (χ3v) is 2.26. The Balaban J connectivity index is 3.61. The minimum Gasteiger partial charge on any atom is -0.481 e. The van der Waals surface area contributed by atoms with Crippen LogP contribution >= 0.6 is 0 Å². The van der Waals surface area contributed by atoms with Crippen molar-refractivity contribution in [1.82, 2.24) is 0 Å². The molecule has 0 spiro atoms. The SMILES string of the molecule is CCC(O)CC(O)CCC(O)CC(=O)O. The van der Waals surface area contributed by atoms with Crippen LogP contribution in [0.5, 0.6) is 0 Å². The van der Waals surface area contributed by atoms with Gasteiger partial charge in [-0.05, 0) is 25.7 Å². The second-order valence-corrected chi connectivity index (χ2v) is 3.78. The molecule has 0 rings (SSSR count). The average Bonchev–Trinajstić information content (AvgIpc) is 2.13. The molecule has 4 N–H and O–H groups in total. The number of carboxylic acid groups (broad SMARTS) is 1. The van der Waals surface area contributed by atoms with E-state index in [1.807, 2.05) is 6.92 Å². The predicted octanol–water partition coefficient (Wildman–Crippen LogP) is 0.124. The number of aliphatic carboxylic acids is 1. The van der Waals surface area contributed by atoms with Gasteiger partial charge in [0.05, 0.1) is 24.7 Å². The van der Waals surface area contributed by atoms with Crippen LogP contribution in [0.4, 0.5) is 0 Å². The normalized spacial score (nSPS) is 17.1. The molecule has 0 radical (unpaired) electrons. The van der Waals surface area contributed by atoms with E-state index < -0.39 is 24.3 Å². The van der Waals surface area contributed by atoms with Crippen molar-refractivity contribution in [3.8, 4) is 0 Å². The molecule has 0 bridgehead atoms. The standard InChI is InChI=1S/C10H20O5/c1-2-7(11)5-8(12)3-4-9(13)6-10(14)15/h7-9,11-13H,2-6H2,1H3,(H,14,15). The van der Waals surface area contributed by atoms with Gasteiger partial charge >= 0.3 is 5.97 Å². The summed E-state index contributed by atoms with van der Waals surface area (Å²) in [5.74, 6) is -1.05. The second-order valence-electron chi connectivity index (χ2n) is 3.78. The number of carbonyl (C=O) groups is 1. The topological polar surface area (TPSA) is 98.0 Å². The van der Waals surface area contributed by atoms with Crippen molar-refractivity contribution in [2.45, 2.75) is 57.3 Å². The molecule has 3 atom stereocenters. The average molecular weight is 220 g/mol. The molecule has 0 saturated carbocycles. The van der Waals surface area contributed by atoms with Gasteiger partial charge in [0.2, 0.25) is 0 Å². The Morgan fingerprint density at radius 2 is 1.60 bits per heavy atom. The van der Waals surface area contributed by atoms with E-state index in [-0.39, 0.29) is 19.3 Å². The van der Waals surface area contributed by atoms with Crippen molar-refractivity contribution in [2.75, 3.05) is 0 Å². The first-order valence-electron chi connectivity index (χ1n) is 5.21. The van der Waals surface area contributed by atoms with Crippen molar-refractivity contribution in [3.05, 3.63) is 0 Å². The van der Waals surface area contributed by atoms with Gasteiger partial charge in [-0.15, -0.1) is 0 Å². The van der Waals surface area contributed by atoms with Crippen molar-refractivity contribution >= 4 is 5.97 Å². The Labute approximate surface area is 89.4 Å². The fourth-order valence-corrected chi connectivity index (χ4v) is 1.29. The van der Waals surface area contributed by atoms with Crippen LogP contribution in [0.2, 0.25) is 0 Å². The summed E-state index contributed by atoms with van der Waals surface area (Å²) < 4.78 is 0. The Bertz CT molecular complexity index is 183. The maximum atomic E-state index is 10.2. The Hall–Kier alpha value is -0.650. The van der Waals surface area contributed by atoms with Gasteiger partial charge in [0, 0.05) is 0 Å². The summed E-state index contributed by atoms with van der Waals surface area (Å²) >= 11 is 0. The third-order valence-electron chi connectivity index (χ3n) is 2.26.